The van der Waals surface area contributed by atoms with Crippen LogP contribution in [0.3, 0.4) is 0 Å². The summed E-state index contributed by atoms with van der Waals surface area (Å²) in [6.45, 7) is 7.30. The van der Waals surface area contributed by atoms with Gasteiger partial charge < -0.3 is 15.0 Å². The first-order valence-electron chi connectivity index (χ1n) is 8.98. The van der Waals surface area contributed by atoms with Crippen molar-refractivity contribution in [3.05, 3.63) is 41.2 Å². The van der Waals surface area contributed by atoms with E-state index in [9.17, 15) is 13.2 Å². The molecule has 0 spiro atoms. The average Bonchev–Trinajstić information content (AvgIpc) is 2.59. The van der Waals surface area contributed by atoms with Crippen LogP contribution >= 0.6 is 0 Å². The molecule has 27 heavy (non-hydrogen) atoms. The number of hydrogen-bond donors (Lipinski definition) is 1. The average molecular weight is 380 g/mol. The molecule has 1 atom stereocenters. The summed E-state index contributed by atoms with van der Waals surface area (Å²) in [6, 6.07) is 6.75. The van der Waals surface area contributed by atoms with Crippen molar-refractivity contribution in [2.45, 2.75) is 52.6 Å². The van der Waals surface area contributed by atoms with Gasteiger partial charge in [0.2, 0.25) is 0 Å². The summed E-state index contributed by atoms with van der Waals surface area (Å²) in [7, 11) is 0. The Balaban J connectivity index is 1.78. The SMILES string of the molecule is CC[C@H](C)Nc1cc(N2CCc3cc(OC(F)(F)F)ccc3C2)nc(C)n1. The molecule has 1 N–H and O–H groups in total. The zero-order chi connectivity index (χ0) is 19.6. The highest BCUT2D eigenvalue weighted by atomic mass is 19.4. The van der Waals surface area contributed by atoms with Crippen molar-refractivity contribution < 1.29 is 17.9 Å². The van der Waals surface area contributed by atoms with Gasteiger partial charge in [0.05, 0.1) is 0 Å². The Morgan fingerprint density at radius 2 is 2.00 bits per heavy atom. The highest BCUT2D eigenvalue weighted by Gasteiger charge is 2.31. The Morgan fingerprint density at radius 1 is 1.22 bits per heavy atom. The highest BCUT2D eigenvalue weighted by Crippen LogP contribution is 2.30. The van der Waals surface area contributed by atoms with Gasteiger partial charge in [0, 0.05) is 25.2 Å². The molecule has 0 fully saturated rings. The zero-order valence-corrected chi connectivity index (χ0v) is 15.6. The molecular weight excluding hydrogens is 357 g/mol. The predicted octanol–water partition coefficient (Wildman–Crippen LogP) is 4.46. The first kappa shape index (κ1) is 19.3. The van der Waals surface area contributed by atoms with Crippen LogP contribution in [0, 0.1) is 6.92 Å². The molecule has 146 valence electrons. The van der Waals surface area contributed by atoms with E-state index in [1.165, 1.54) is 12.1 Å². The van der Waals surface area contributed by atoms with Gasteiger partial charge in [-0.05, 0) is 49.9 Å². The van der Waals surface area contributed by atoms with Crippen LogP contribution in [0.25, 0.3) is 0 Å². The standard InChI is InChI=1S/C19H23F3N4O/c1-4-12(2)23-17-10-18(25-13(3)24-17)26-8-7-14-9-16(27-19(20,21)22)6-5-15(14)11-26/h5-6,9-10,12H,4,7-8,11H2,1-3H3,(H,23,24,25)/t12-/m0/s1. The third-order valence-electron chi connectivity index (χ3n) is 4.58. The zero-order valence-electron chi connectivity index (χ0n) is 15.6. The van der Waals surface area contributed by atoms with Crippen LogP contribution in [-0.4, -0.2) is 28.9 Å². The second-order valence-electron chi connectivity index (χ2n) is 6.76. The number of nitrogens with zero attached hydrogens (tertiary/aromatic N) is 3. The van der Waals surface area contributed by atoms with Gasteiger partial charge in [-0.3, -0.25) is 0 Å². The largest absolute Gasteiger partial charge is 0.573 e. The van der Waals surface area contributed by atoms with Crippen molar-refractivity contribution in [1.82, 2.24) is 9.97 Å². The van der Waals surface area contributed by atoms with Crippen LogP contribution < -0.4 is 15.0 Å². The maximum Gasteiger partial charge on any atom is 0.573 e. The van der Waals surface area contributed by atoms with Crippen molar-refractivity contribution in [3.63, 3.8) is 0 Å². The first-order chi connectivity index (χ1) is 12.7. The number of alkyl halides is 3. The molecule has 5 nitrogen and oxygen atoms in total. The van der Waals surface area contributed by atoms with Crippen LogP contribution in [0.15, 0.2) is 24.3 Å². The molecule has 0 unspecified atom stereocenters. The second kappa shape index (κ2) is 7.62. The van der Waals surface area contributed by atoms with Crippen molar-refractivity contribution in [3.8, 4) is 5.75 Å². The first-order valence-corrected chi connectivity index (χ1v) is 8.98. The summed E-state index contributed by atoms with van der Waals surface area (Å²) in [4.78, 5) is 11.1. The Labute approximate surface area is 156 Å². The van der Waals surface area contributed by atoms with Crippen LogP contribution in [0.4, 0.5) is 24.8 Å². The van der Waals surface area contributed by atoms with Gasteiger partial charge in [-0.25, -0.2) is 9.97 Å². The van der Waals surface area contributed by atoms with Crippen LogP contribution in [-0.2, 0) is 13.0 Å². The Bertz CT molecular complexity index is 810. The molecule has 1 aliphatic heterocycles. The van der Waals surface area contributed by atoms with E-state index in [-0.39, 0.29) is 5.75 Å². The van der Waals surface area contributed by atoms with Gasteiger partial charge in [-0.2, -0.15) is 0 Å². The molecule has 2 heterocycles. The number of fused-ring (bicyclic) bond motifs is 1. The topological polar surface area (TPSA) is 50.3 Å². The van der Waals surface area contributed by atoms with E-state index >= 15 is 0 Å². The highest BCUT2D eigenvalue weighted by molar-refractivity contribution is 5.52. The van der Waals surface area contributed by atoms with Crippen molar-refractivity contribution >= 4 is 11.6 Å². The predicted molar refractivity (Wildman–Crippen MR) is 98.0 cm³/mol. The third-order valence-corrected chi connectivity index (χ3v) is 4.58. The van der Waals surface area contributed by atoms with Crippen molar-refractivity contribution in [2.75, 3.05) is 16.8 Å². The van der Waals surface area contributed by atoms with Gasteiger partial charge in [0.15, 0.2) is 0 Å². The minimum absolute atomic E-state index is 0.173. The quantitative estimate of drug-likeness (QED) is 0.830. The Kier molecular flexibility index (Phi) is 5.43. The molecule has 8 heteroatoms. The van der Waals surface area contributed by atoms with Crippen molar-refractivity contribution in [2.24, 2.45) is 0 Å². The summed E-state index contributed by atoms with van der Waals surface area (Å²) in [5.74, 6) is 2.10. The number of halogens is 3. The van der Waals surface area contributed by atoms with Gasteiger partial charge in [-0.15, -0.1) is 13.2 Å². The lowest BCUT2D eigenvalue weighted by Crippen LogP contribution is -2.31. The fourth-order valence-electron chi connectivity index (χ4n) is 3.06. The van der Waals surface area contributed by atoms with Gasteiger partial charge in [0.1, 0.15) is 23.2 Å². The summed E-state index contributed by atoms with van der Waals surface area (Å²) in [6.07, 6.45) is -3.06. The Morgan fingerprint density at radius 3 is 2.70 bits per heavy atom. The van der Waals surface area contributed by atoms with Gasteiger partial charge in [-0.1, -0.05) is 13.0 Å². The van der Waals surface area contributed by atoms with Crippen LogP contribution in [0.5, 0.6) is 5.75 Å². The van der Waals surface area contributed by atoms with Gasteiger partial charge >= 0.3 is 6.36 Å². The van der Waals surface area contributed by atoms with E-state index in [0.29, 0.717) is 31.4 Å². The molecule has 1 aromatic heterocycles. The molecule has 1 aromatic carbocycles. The fraction of sp³-hybridized carbons (Fsp3) is 0.474. The number of benzene rings is 1. The third kappa shape index (κ3) is 5.02. The van der Waals surface area contributed by atoms with E-state index in [2.05, 4.69) is 38.8 Å². The smallest absolute Gasteiger partial charge is 0.406 e. The maximum absolute atomic E-state index is 12.4. The molecular formula is C19H23F3N4O. The second-order valence-corrected chi connectivity index (χ2v) is 6.76. The summed E-state index contributed by atoms with van der Waals surface area (Å²) >= 11 is 0. The molecule has 0 bridgehead atoms. The molecule has 0 saturated carbocycles. The molecule has 2 aromatic rings. The minimum Gasteiger partial charge on any atom is -0.406 e. The van der Waals surface area contributed by atoms with E-state index in [1.807, 2.05) is 13.0 Å². The molecule has 1 aliphatic rings. The lowest BCUT2D eigenvalue weighted by Gasteiger charge is -2.30. The number of aryl methyl sites for hydroxylation is 1. The maximum atomic E-state index is 12.4. The number of hydrogen-bond acceptors (Lipinski definition) is 5. The minimum atomic E-state index is -4.67. The lowest BCUT2D eigenvalue weighted by atomic mass is 9.99. The fourth-order valence-corrected chi connectivity index (χ4v) is 3.06. The number of ether oxygens (including phenoxy) is 1. The summed E-state index contributed by atoms with van der Waals surface area (Å²) in [5.41, 5.74) is 1.85. The number of rotatable bonds is 5. The molecule has 0 amide bonds. The molecule has 3 rings (SSSR count). The van der Waals surface area contributed by atoms with Crippen LogP contribution in [0.2, 0.25) is 0 Å². The van der Waals surface area contributed by atoms with Gasteiger partial charge in [0.25, 0.3) is 0 Å². The molecule has 0 aliphatic carbocycles. The summed E-state index contributed by atoms with van der Waals surface area (Å²) < 4.78 is 41.2. The molecule has 0 radical (unpaired) electrons. The van der Waals surface area contributed by atoms with Crippen LogP contribution in [0.1, 0.15) is 37.2 Å². The van der Waals surface area contributed by atoms with E-state index in [1.54, 1.807) is 6.07 Å². The van der Waals surface area contributed by atoms with E-state index < -0.39 is 6.36 Å². The normalized spacial score (nSPS) is 15.3. The number of anilines is 2. The Hall–Kier alpha value is -2.51. The monoisotopic (exact) mass is 380 g/mol. The van der Waals surface area contributed by atoms with E-state index in [4.69, 9.17) is 0 Å². The van der Waals surface area contributed by atoms with Crippen molar-refractivity contribution in [1.29, 1.82) is 0 Å². The van der Waals surface area contributed by atoms with E-state index in [0.717, 1.165) is 29.2 Å². The lowest BCUT2D eigenvalue weighted by molar-refractivity contribution is -0.274. The number of aromatic nitrogens is 2. The number of nitrogens with one attached hydrogen (secondary N) is 1. The molecule has 0 saturated heterocycles. The summed E-state index contributed by atoms with van der Waals surface area (Å²) in [5, 5.41) is 3.36.